The van der Waals surface area contributed by atoms with Crippen molar-refractivity contribution in [3.63, 3.8) is 0 Å². The van der Waals surface area contributed by atoms with Gasteiger partial charge in [-0.25, -0.2) is 4.98 Å². The molecule has 0 bridgehead atoms. The van der Waals surface area contributed by atoms with Gasteiger partial charge in [-0.1, -0.05) is 0 Å². The van der Waals surface area contributed by atoms with Crippen molar-refractivity contribution in [1.29, 1.82) is 0 Å². The molecule has 3 aromatic rings. The highest BCUT2D eigenvalue weighted by molar-refractivity contribution is 5.82. The molecule has 5 heterocycles. The van der Waals surface area contributed by atoms with Crippen molar-refractivity contribution in [3.8, 4) is 23.0 Å². The SMILES string of the molecule is COc1cc(-c2nnc3c4c(c(NCC5CCN(C)CC5)nn23)N(C)CCO4)ccn1. The molecular formula is C21H28N8O2. The molecule has 1 fully saturated rings. The second-order valence-corrected chi connectivity index (χ2v) is 8.27. The monoisotopic (exact) mass is 424 g/mol. The number of nitrogens with zero attached hydrogens (tertiary/aromatic N) is 7. The van der Waals surface area contributed by atoms with Gasteiger partial charge in [0.25, 0.3) is 0 Å². The van der Waals surface area contributed by atoms with E-state index in [-0.39, 0.29) is 0 Å². The third-order valence-electron chi connectivity index (χ3n) is 6.14. The van der Waals surface area contributed by atoms with Crippen molar-refractivity contribution < 1.29 is 9.47 Å². The lowest BCUT2D eigenvalue weighted by molar-refractivity contribution is 0.226. The molecule has 0 aliphatic carbocycles. The van der Waals surface area contributed by atoms with Crippen molar-refractivity contribution in [2.45, 2.75) is 12.8 Å². The van der Waals surface area contributed by atoms with Crippen LogP contribution in [0.5, 0.6) is 11.6 Å². The van der Waals surface area contributed by atoms with E-state index in [1.54, 1.807) is 17.8 Å². The highest BCUT2D eigenvalue weighted by Gasteiger charge is 2.28. The predicted molar refractivity (Wildman–Crippen MR) is 118 cm³/mol. The third kappa shape index (κ3) is 3.71. The fourth-order valence-corrected chi connectivity index (χ4v) is 4.23. The largest absolute Gasteiger partial charge is 0.486 e. The van der Waals surface area contributed by atoms with Crippen LogP contribution in [0.2, 0.25) is 0 Å². The van der Waals surface area contributed by atoms with Crippen LogP contribution in [0.1, 0.15) is 12.8 Å². The first-order valence-corrected chi connectivity index (χ1v) is 10.7. The van der Waals surface area contributed by atoms with Crippen LogP contribution in [-0.2, 0) is 0 Å². The first kappa shape index (κ1) is 19.8. The van der Waals surface area contributed by atoms with Crippen LogP contribution in [0.15, 0.2) is 18.3 Å². The van der Waals surface area contributed by atoms with Crippen molar-refractivity contribution in [2.24, 2.45) is 5.92 Å². The molecule has 1 saturated heterocycles. The molecule has 0 spiro atoms. The number of hydrogen-bond acceptors (Lipinski definition) is 9. The second kappa shape index (κ2) is 8.18. The van der Waals surface area contributed by atoms with Crippen molar-refractivity contribution in [3.05, 3.63) is 18.3 Å². The molecule has 0 radical (unpaired) electrons. The lowest BCUT2D eigenvalue weighted by Crippen LogP contribution is -2.34. The van der Waals surface area contributed by atoms with Crippen LogP contribution in [0.25, 0.3) is 17.0 Å². The summed E-state index contributed by atoms with van der Waals surface area (Å²) in [7, 11) is 5.84. The minimum atomic E-state index is 0.517. The van der Waals surface area contributed by atoms with Gasteiger partial charge in [0.05, 0.1) is 13.7 Å². The summed E-state index contributed by atoms with van der Waals surface area (Å²) in [6.45, 7) is 4.56. The van der Waals surface area contributed by atoms with E-state index in [2.05, 4.69) is 44.4 Å². The lowest BCUT2D eigenvalue weighted by Gasteiger charge is -2.31. The molecule has 0 aromatic carbocycles. The molecular weight excluding hydrogens is 396 g/mol. The zero-order valence-electron chi connectivity index (χ0n) is 18.2. The van der Waals surface area contributed by atoms with Crippen LogP contribution in [0.4, 0.5) is 11.5 Å². The smallest absolute Gasteiger partial charge is 0.222 e. The molecule has 2 aliphatic rings. The third-order valence-corrected chi connectivity index (χ3v) is 6.14. The average Bonchev–Trinajstić information content (AvgIpc) is 3.23. The zero-order chi connectivity index (χ0) is 21.4. The summed E-state index contributed by atoms with van der Waals surface area (Å²) < 4.78 is 13.1. The number of aromatic nitrogens is 5. The number of likely N-dealkylation sites (N-methyl/N-ethyl adjacent to an activating group) is 1. The van der Waals surface area contributed by atoms with Gasteiger partial charge in [-0.3, -0.25) is 0 Å². The fourth-order valence-electron chi connectivity index (χ4n) is 4.23. The summed E-state index contributed by atoms with van der Waals surface area (Å²) in [5.41, 5.74) is 2.38. The standard InChI is InChI=1S/C21H28N8O2/c1-27-8-5-14(6-9-27)13-23-19-17-18(31-11-10-28(17)2)21-25-24-20(29(21)26-19)15-4-7-22-16(12-15)30-3/h4,7,12,14H,5-6,8-11,13H2,1-3H3,(H,23,26). The molecule has 164 valence electrons. The average molecular weight is 425 g/mol. The Hall–Kier alpha value is -3.14. The Kier molecular flexibility index (Phi) is 5.23. The summed E-state index contributed by atoms with van der Waals surface area (Å²) in [5, 5.41) is 17.3. The summed E-state index contributed by atoms with van der Waals surface area (Å²) in [4.78, 5) is 8.74. The van der Waals surface area contributed by atoms with Gasteiger partial charge in [0.15, 0.2) is 17.4 Å². The number of ether oxygens (including phenoxy) is 2. The van der Waals surface area contributed by atoms with E-state index < -0.39 is 0 Å². The van der Waals surface area contributed by atoms with Crippen LogP contribution in [0.3, 0.4) is 0 Å². The molecule has 10 nitrogen and oxygen atoms in total. The molecule has 31 heavy (non-hydrogen) atoms. The number of anilines is 2. The van der Waals surface area contributed by atoms with E-state index in [4.69, 9.17) is 14.6 Å². The summed E-state index contributed by atoms with van der Waals surface area (Å²) in [5.74, 6) is 3.28. The Labute approximate surface area is 181 Å². The summed E-state index contributed by atoms with van der Waals surface area (Å²) in [6, 6.07) is 3.70. The summed E-state index contributed by atoms with van der Waals surface area (Å²) in [6.07, 6.45) is 4.07. The topological polar surface area (TPSA) is 92.9 Å². The lowest BCUT2D eigenvalue weighted by atomic mass is 9.97. The molecule has 1 N–H and O–H groups in total. The van der Waals surface area contributed by atoms with Gasteiger partial charge in [-0.05, 0) is 45.0 Å². The molecule has 5 rings (SSSR count). The number of likely N-dealkylation sites (tertiary alicyclic amines) is 1. The van der Waals surface area contributed by atoms with Gasteiger partial charge in [0, 0.05) is 31.4 Å². The number of pyridine rings is 1. The molecule has 10 heteroatoms. The molecule has 0 amide bonds. The zero-order valence-corrected chi connectivity index (χ0v) is 18.2. The van der Waals surface area contributed by atoms with Crippen molar-refractivity contribution in [1.82, 2.24) is 29.7 Å². The number of hydrogen-bond donors (Lipinski definition) is 1. The van der Waals surface area contributed by atoms with E-state index in [0.717, 1.165) is 49.0 Å². The molecule has 2 aliphatic heterocycles. The van der Waals surface area contributed by atoms with Gasteiger partial charge in [-0.2, -0.15) is 4.52 Å². The molecule has 0 atom stereocenters. The second-order valence-electron chi connectivity index (χ2n) is 8.27. The Balaban J connectivity index is 1.54. The number of piperidine rings is 1. The normalized spacial score (nSPS) is 17.5. The van der Waals surface area contributed by atoms with Gasteiger partial charge in [-0.15, -0.1) is 15.3 Å². The number of rotatable bonds is 5. The molecule has 0 saturated carbocycles. The van der Waals surface area contributed by atoms with E-state index in [0.29, 0.717) is 29.9 Å². The number of methoxy groups -OCH3 is 1. The summed E-state index contributed by atoms with van der Waals surface area (Å²) >= 11 is 0. The van der Waals surface area contributed by atoms with E-state index >= 15 is 0 Å². The van der Waals surface area contributed by atoms with Gasteiger partial charge >= 0.3 is 0 Å². The van der Waals surface area contributed by atoms with E-state index in [1.807, 2.05) is 12.1 Å². The van der Waals surface area contributed by atoms with Gasteiger partial charge in [0.1, 0.15) is 12.3 Å². The highest BCUT2D eigenvalue weighted by atomic mass is 16.5. The maximum Gasteiger partial charge on any atom is 0.222 e. The van der Waals surface area contributed by atoms with Gasteiger partial charge < -0.3 is 24.6 Å². The van der Waals surface area contributed by atoms with Crippen LogP contribution in [-0.4, -0.2) is 83.7 Å². The first-order chi connectivity index (χ1) is 15.1. The highest BCUT2D eigenvalue weighted by Crippen LogP contribution is 2.40. The minimum absolute atomic E-state index is 0.517. The Morgan fingerprint density at radius 2 is 2.03 bits per heavy atom. The first-order valence-electron chi connectivity index (χ1n) is 10.7. The van der Waals surface area contributed by atoms with Gasteiger partial charge in [0.2, 0.25) is 11.5 Å². The number of nitrogens with one attached hydrogen (secondary N) is 1. The van der Waals surface area contributed by atoms with Crippen LogP contribution in [0, 0.1) is 5.92 Å². The van der Waals surface area contributed by atoms with E-state index in [9.17, 15) is 0 Å². The Bertz CT molecular complexity index is 1080. The molecule has 3 aromatic heterocycles. The van der Waals surface area contributed by atoms with Crippen LogP contribution < -0.4 is 19.7 Å². The quantitative estimate of drug-likeness (QED) is 0.658. The predicted octanol–water partition coefficient (Wildman–Crippen LogP) is 1.78. The van der Waals surface area contributed by atoms with Crippen molar-refractivity contribution in [2.75, 3.05) is 64.2 Å². The van der Waals surface area contributed by atoms with Crippen LogP contribution >= 0.6 is 0 Å². The molecule has 0 unspecified atom stereocenters. The fraction of sp³-hybridized carbons (Fsp3) is 0.524. The Morgan fingerprint density at radius 3 is 2.84 bits per heavy atom. The minimum Gasteiger partial charge on any atom is -0.486 e. The number of fused-ring (bicyclic) bond motifs is 3. The maximum absolute atomic E-state index is 6.06. The van der Waals surface area contributed by atoms with Crippen molar-refractivity contribution >= 4 is 17.2 Å². The maximum atomic E-state index is 6.06. The van der Waals surface area contributed by atoms with E-state index in [1.165, 1.54) is 12.8 Å². The Morgan fingerprint density at radius 1 is 1.19 bits per heavy atom.